The maximum Gasteiger partial charge on any atom is 0.254 e. The molecule has 1 spiro atoms. The van der Waals surface area contributed by atoms with E-state index in [0.717, 1.165) is 49.0 Å². The molecule has 7 heteroatoms. The molecule has 0 atom stereocenters. The fourth-order valence-electron chi connectivity index (χ4n) is 4.64. The standard InChI is InChI=1S/C24H31FN2O3S/c1-2-22-14-20(16-31-22)23(29)27-8-10-30-24(17-27)4-6-26(7-5-24)15-19-11-18(3-9-28)12-21(25)13-19/h11-14,16,28H,2-10,15,17H2,1H3. The molecule has 0 unspecified atom stereocenters. The second-order valence-electron chi connectivity index (χ2n) is 8.63. The average Bonchev–Trinajstić information content (AvgIpc) is 3.24. The minimum atomic E-state index is -0.280. The molecule has 5 nitrogen and oxygen atoms in total. The number of benzene rings is 1. The van der Waals surface area contributed by atoms with Gasteiger partial charge in [0.05, 0.1) is 24.3 Å². The van der Waals surface area contributed by atoms with E-state index in [2.05, 4.69) is 11.8 Å². The summed E-state index contributed by atoms with van der Waals surface area (Å²) in [6.07, 6.45) is 3.14. The van der Waals surface area contributed by atoms with Gasteiger partial charge < -0.3 is 14.7 Å². The molecule has 0 radical (unpaired) electrons. The van der Waals surface area contributed by atoms with E-state index in [9.17, 15) is 9.18 Å². The summed E-state index contributed by atoms with van der Waals surface area (Å²) in [6.45, 7) is 6.37. The van der Waals surface area contributed by atoms with Crippen molar-refractivity contribution in [3.05, 3.63) is 57.0 Å². The van der Waals surface area contributed by atoms with Crippen LogP contribution >= 0.6 is 11.3 Å². The van der Waals surface area contributed by atoms with E-state index < -0.39 is 0 Å². The first-order chi connectivity index (χ1) is 15.0. The fourth-order valence-corrected chi connectivity index (χ4v) is 5.45. The van der Waals surface area contributed by atoms with Crippen molar-refractivity contribution in [1.29, 1.82) is 0 Å². The van der Waals surface area contributed by atoms with Crippen LogP contribution in [0.5, 0.6) is 0 Å². The number of hydrogen-bond donors (Lipinski definition) is 1. The zero-order valence-electron chi connectivity index (χ0n) is 18.1. The summed E-state index contributed by atoms with van der Waals surface area (Å²) in [5.41, 5.74) is 2.28. The number of aryl methyl sites for hydroxylation is 1. The van der Waals surface area contributed by atoms with Crippen LogP contribution in [0.4, 0.5) is 4.39 Å². The molecule has 2 aliphatic rings. The van der Waals surface area contributed by atoms with Crippen LogP contribution in [0.3, 0.4) is 0 Å². The minimum Gasteiger partial charge on any atom is -0.396 e. The predicted octanol–water partition coefficient (Wildman–Crippen LogP) is 3.49. The third-order valence-electron chi connectivity index (χ3n) is 6.38. The second-order valence-corrected chi connectivity index (χ2v) is 9.63. The van der Waals surface area contributed by atoms with Gasteiger partial charge in [0.25, 0.3) is 5.91 Å². The van der Waals surface area contributed by atoms with Crippen LogP contribution in [0.15, 0.2) is 29.6 Å². The number of carbonyl (C=O) groups excluding carboxylic acids is 1. The van der Waals surface area contributed by atoms with Crippen molar-refractivity contribution < 1.29 is 19.0 Å². The fraction of sp³-hybridized carbons (Fsp3) is 0.542. The maximum absolute atomic E-state index is 13.9. The Balaban J connectivity index is 1.35. The Morgan fingerprint density at radius 3 is 2.68 bits per heavy atom. The van der Waals surface area contributed by atoms with Crippen LogP contribution in [-0.4, -0.2) is 65.8 Å². The van der Waals surface area contributed by atoms with E-state index in [1.54, 1.807) is 17.4 Å². The highest BCUT2D eigenvalue weighted by Gasteiger charge is 2.41. The SMILES string of the molecule is CCc1cc(C(=O)N2CCOC3(CCN(Cc4cc(F)cc(CCO)c4)CC3)C2)cs1. The maximum atomic E-state index is 13.9. The van der Waals surface area contributed by atoms with Crippen LogP contribution < -0.4 is 0 Å². The van der Waals surface area contributed by atoms with Gasteiger partial charge in [-0.05, 0) is 55.0 Å². The summed E-state index contributed by atoms with van der Waals surface area (Å²) in [6, 6.07) is 7.06. The van der Waals surface area contributed by atoms with Gasteiger partial charge >= 0.3 is 0 Å². The Kier molecular flexibility index (Phi) is 7.06. The number of halogens is 1. The van der Waals surface area contributed by atoms with Crippen LogP contribution in [0.2, 0.25) is 0 Å². The monoisotopic (exact) mass is 446 g/mol. The van der Waals surface area contributed by atoms with Gasteiger partial charge in [0.2, 0.25) is 0 Å². The lowest BCUT2D eigenvalue weighted by Gasteiger charge is -2.47. The summed E-state index contributed by atoms with van der Waals surface area (Å²) >= 11 is 1.65. The first-order valence-electron chi connectivity index (χ1n) is 11.1. The Hall–Kier alpha value is -1.80. The Morgan fingerprint density at radius 2 is 1.97 bits per heavy atom. The summed E-state index contributed by atoms with van der Waals surface area (Å²) in [5, 5.41) is 11.1. The zero-order valence-corrected chi connectivity index (χ0v) is 18.9. The third kappa shape index (κ3) is 5.34. The summed E-state index contributed by atoms with van der Waals surface area (Å²) in [4.78, 5) is 18.5. The van der Waals surface area contributed by atoms with Crippen LogP contribution in [0.25, 0.3) is 0 Å². The largest absolute Gasteiger partial charge is 0.396 e. The number of carbonyl (C=O) groups is 1. The van der Waals surface area contributed by atoms with Gasteiger partial charge in [-0.1, -0.05) is 13.0 Å². The number of nitrogens with zero attached hydrogens (tertiary/aromatic N) is 2. The number of likely N-dealkylation sites (tertiary alicyclic amines) is 1. The molecule has 168 valence electrons. The molecule has 3 heterocycles. The predicted molar refractivity (Wildman–Crippen MR) is 120 cm³/mol. The number of amides is 1. The van der Waals surface area contributed by atoms with Gasteiger partial charge in [-0.3, -0.25) is 9.69 Å². The molecule has 2 aromatic rings. The van der Waals surface area contributed by atoms with E-state index in [1.165, 1.54) is 10.9 Å². The lowest BCUT2D eigenvalue weighted by molar-refractivity contribution is -0.127. The number of hydrogen-bond acceptors (Lipinski definition) is 5. The molecule has 2 fully saturated rings. The molecule has 2 aliphatic heterocycles. The topological polar surface area (TPSA) is 53.0 Å². The van der Waals surface area contributed by atoms with Gasteiger partial charge in [-0.15, -0.1) is 11.3 Å². The lowest BCUT2D eigenvalue weighted by atomic mass is 9.89. The van der Waals surface area contributed by atoms with E-state index in [0.29, 0.717) is 32.7 Å². The summed E-state index contributed by atoms with van der Waals surface area (Å²) in [5.74, 6) is -0.143. The number of aliphatic hydroxyl groups is 1. The van der Waals surface area contributed by atoms with Gasteiger partial charge in [0.15, 0.2) is 0 Å². The summed E-state index contributed by atoms with van der Waals surface area (Å²) in [7, 11) is 0. The normalized spacial score (nSPS) is 19.1. The van der Waals surface area contributed by atoms with Crippen molar-refractivity contribution in [2.24, 2.45) is 0 Å². The number of morpholine rings is 1. The first kappa shape index (κ1) is 22.4. The van der Waals surface area contributed by atoms with Crippen molar-refractivity contribution in [1.82, 2.24) is 9.80 Å². The van der Waals surface area contributed by atoms with Gasteiger partial charge in [0.1, 0.15) is 5.82 Å². The summed E-state index contributed by atoms with van der Waals surface area (Å²) < 4.78 is 20.1. The number of ether oxygens (including phenoxy) is 1. The Bertz CT molecular complexity index is 908. The van der Waals surface area contributed by atoms with E-state index in [1.807, 2.05) is 22.4 Å². The molecule has 2 saturated heterocycles. The Labute approximate surface area is 187 Å². The molecular formula is C24H31FN2O3S. The highest BCUT2D eigenvalue weighted by atomic mass is 32.1. The van der Waals surface area contributed by atoms with E-state index >= 15 is 0 Å². The van der Waals surface area contributed by atoms with Crippen molar-refractivity contribution in [3.8, 4) is 0 Å². The van der Waals surface area contributed by atoms with Crippen molar-refractivity contribution in [2.75, 3.05) is 39.4 Å². The van der Waals surface area contributed by atoms with Gasteiger partial charge in [-0.2, -0.15) is 0 Å². The van der Waals surface area contributed by atoms with E-state index in [-0.39, 0.29) is 23.9 Å². The minimum absolute atomic E-state index is 0.0207. The molecule has 1 amide bonds. The molecule has 1 N–H and O–H groups in total. The number of aliphatic hydroxyl groups excluding tert-OH is 1. The zero-order chi connectivity index (χ0) is 21.8. The average molecular weight is 447 g/mol. The van der Waals surface area contributed by atoms with Crippen molar-refractivity contribution in [2.45, 2.75) is 44.8 Å². The van der Waals surface area contributed by atoms with Crippen LogP contribution in [0.1, 0.15) is 46.1 Å². The number of piperidine rings is 1. The molecule has 0 saturated carbocycles. The molecule has 1 aromatic heterocycles. The molecule has 4 rings (SSSR count). The van der Waals surface area contributed by atoms with Crippen LogP contribution in [-0.2, 0) is 24.1 Å². The Morgan fingerprint density at radius 1 is 1.19 bits per heavy atom. The molecule has 1 aromatic carbocycles. The van der Waals surface area contributed by atoms with E-state index in [4.69, 9.17) is 9.84 Å². The highest BCUT2D eigenvalue weighted by molar-refractivity contribution is 7.10. The molecule has 31 heavy (non-hydrogen) atoms. The molecule has 0 aliphatic carbocycles. The van der Waals surface area contributed by atoms with Crippen molar-refractivity contribution in [3.63, 3.8) is 0 Å². The second kappa shape index (κ2) is 9.77. The van der Waals surface area contributed by atoms with Gasteiger partial charge in [0, 0.05) is 43.0 Å². The first-order valence-corrected chi connectivity index (χ1v) is 12.0. The van der Waals surface area contributed by atoms with Crippen molar-refractivity contribution >= 4 is 17.2 Å². The lowest BCUT2D eigenvalue weighted by Crippen LogP contribution is -2.57. The third-order valence-corrected chi connectivity index (χ3v) is 7.46. The van der Waals surface area contributed by atoms with Gasteiger partial charge in [-0.25, -0.2) is 4.39 Å². The number of rotatable bonds is 6. The van der Waals surface area contributed by atoms with Crippen LogP contribution in [0, 0.1) is 5.82 Å². The molecule has 0 bridgehead atoms. The highest BCUT2D eigenvalue weighted by Crippen LogP contribution is 2.32. The quantitative estimate of drug-likeness (QED) is 0.738. The number of thiophene rings is 1. The molecular weight excluding hydrogens is 415 g/mol. The smallest absolute Gasteiger partial charge is 0.254 e.